The molecule has 1 aliphatic rings. The van der Waals surface area contributed by atoms with Crippen LogP contribution in [0.2, 0.25) is 0 Å². The van der Waals surface area contributed by atoms with Gasteiger partial charge < -0.3 is 10.2 Å². The molecule has 16 heavy (non-hydrogen) atoms. The lowest BCUT2D eigenvalue weighted by Crippen LogP contribution is -2.41. The van der Waals surface area contributed by atoms with E-state index in [0.29, 0.717) is 0 Å². The lowest BCUT2D eigenvalue weighted by molar-refractivity contribution is 0.164. The predicted octanol–water partition coefficient (Wildman–Crippen LogP) is 2.74. The summed E-state index contributed by atoms with van der Waals surface area (Å²) in [6.45, 7) is 14.2. The van der Waals surface area contributed by atoms with Crippen LogP contribution in [0, 0.1) is 11.8 Å². The van der Waals surface area contributed by atoms with Gasteiger partial charge >= 0.3 is 0 Å². The van der Waals surface area contributed by atoms with Crippen molar-refractivity contribution in [1.82, 2.24) is 10.2 Å². The topological polar surface area (TPSA) is 15.3 Å². The number of rotatable bonds is 5. The van der Waals surface area contributed by atoms with Gasteiger partial charge in [0.1, 0.15) is 0 Å². The number of likely N-dealkylation sites (tertiary alicyclic amines) is 1. The van der Waals surface area contributed by atoms with Crippen LogP contribution in [0.1, 0.15) is 47.0 Å². The molecule has 1 fully saturated rings. The Kier molecular flexibility index (Phi) is 6.37. The molecule has 3 unspecified atom stereocenters. The van der Waals surface area contributed by atoms with E-state index in [9.17, 15) is 0 Å². The second-order valence-electron chi connectivity index (χ2n) is 5.60. The quantitative estimate of drug-likeness (QED) is 0.775. The monoisotopic (exact) mass is 226 g/mol. The van der Waals surface area contributed by atoms with Crippen molar-refractivity contribution in [1.29, 1.82) is 0 Å². The fourth-order valence-electron chi connectivity index (χ4n) is 2.59. The highest BCUT2D eigenvalue weighted by Gasteiger charge is 2.22. The summed E-state index contributed by atoms with van der Waals surface area (Å²) in [6.07, 6.45) is 4.20. The van der Waals surface area contributed by atoms with Crippen molar-refractivity contribution >= 4 is 0 Å². The zero-order chi connectivity index (χ0) is 12.0. The number of hydrogen-bond acceptors (Lipinski definition) is 2. The number of hydrogen-bond donors (Lipinski definition) is 1. The molecule has 96 valence electrons. The second kappa shape index (κ2) is 7.29. The molecule has 2 nitrogen and oxygen atoms in total. The maximum atomic E-state index is 3.47. The Morgan fingerprint density at radius 2 is 2.00 bits per heavy atom. The molecular weight excluding hydrogens is 196 g/mol. The van der Waals surface area contributed by atoms with Gasteiger partial charge in [-0.1, -0.05) is 20.8 Å². The summed E-state index contributed by atoms with van der Waals surface area (Å²) in [4.78, 5) is 2.70. The molecule has 3 atom stereocenters. The fourth-order valence-corrected chi connectivity index (χ4v) is 2.59. The third-order valence-electron chi connectivity index (χ3n) is 4.17. The van der Waals surface area contributed by atoms with E-state index in [2.05, 4.69) is 37.9 Å². The van der Waals surface area contributed by atoms with Gasteiger partial charge in [0.15, 0.2) is 0 Å². The van der Waals surface area contributed by atoms with Crippen molar-refractivity contribution in [3.8, 4) is 0 Å². The van der Waals surface area contributed by atoms with E-state index < -0.39 is 0 Å². The van der Waals surface area contributed by atoms with Crippen LogP contribution < -0.4 is 5.32 Å². The maximum absolute atomic E-state index is 3.47. The van der Waals surface area contributed by atoms with Crippen molar-refractivity contribution in [3.63, 3.8) is 0 Å². The molecule has 0 aromatic heterocycles. The Morgan fingerprint density at radius 3 is 2.69 bits per heavy atom. The van der Waals surface area contributed by atoms with Crippen LogP contribution in [0.25, 0.3) is 0 Å². The van der Waals surface area contributed by atoms with Crippen molar-refractivity contribution in [2.24, 2.45) is 11.8 Å². The van der Waals surface area contributed by atoms with Crippen molar-refractivity contribution in [2.45, 2.75) is 53.0 Å². The second-order valence-corrected chi connectivity index (χ2v) is 5.60. The molecule has 2 heteroatoms. The highest BCUT2D eigenvalue weighted by atomic mass is 15.2. The summed E-state index contributed by atoms with van der Waals surface area (Å²) in [5.74, 6) is 1.69. The van der Waals surface area contributed by atoms with Gasteiger partial charge in [-0.05, 0) is 64.2 Å². The average Bonchev–Trinajstić information content (AvgIpc) is 2.50. The number of nitrogens with one attached hydrogen (secondary N) is 1. The minimum atomic E-state index is 0.726. The van der Waals surface area contributed by atoms with E-state index in [1.54, 1.807) is 0 Å². The van der Waals surface area contributed by atoms with Crippen LogP contribution in [0.15, 0.2) is 0 Å². The molecule has 0 bridgehead atoms. The molecular formula is C14H30N2. The van der Waals surface area contributed by atoms with Crippen LogP contribution in [-0.2, 0) is 0 Å². The van der Waals surface area contributed by atoms with Gasteiger partial charge in [-0.25, -0.2) is 0 Å². The van der Waals surface area contributed by atoms with Gasteiger partial charge in [0, 0.05) is 6.04 Å². The fraction of sp³-hybridized carbons (Fsp3) is 1.00. The van der Waals surface area contributed by atoms with Gasteiger partial charge in [-0.3, -0.25) is 0 Å². The first-order chi connectivity index (χ1) is 7.65. The molecule has 1 aliphatic heterocycles. The zero-order valence-corrected chi connectivity index (χ0v) is 11.6. The normalized spacial score (nSPS) is 27.4. The summed E-state index contributed by atoms with van der Waals surface area (Å²) in [5, 5.41) is 3.47. The van der Waals surface area contributed by atoms with E-state index in [1.165, 1.54) is 32.4 Å². The highest BCUT2D eigenvalue weighted by Crippen LogP contribution is 2.20. The molecule has 0 radical (unpaired) electrons. The summed E-state index contributed by atoms with van der Waals surface area (Å²) in [6, 6.07) is 0.726. The summed E-state index contributed by atoms with van der Waals surface area (Å²) in [7, 11) is 0. The minimum absolute atomic E-state index is 0.726. The molecule has 1 heterocycles. The maximum Gasteiger partial charge on any atom is 0.0105 e. The van der Waals surface area contributed by atoms with E-state index in [4.69, 9.17) is 0 Å². The van der Waals surface area contributed by atoms with E-state index >= 15 is 0 Å². The van der Waals surface area contributed by atoms with Gasteiger partial charge in [-0.2, -0.15) is 0 Å². The Hall–Kier alpha value is -0.0800. The Bertz CT molecular complexity index is 182. The smallest absolute Gasteiger partial charge is 0.0105 e. The first kappa shape index (κ1) is 14.0. The highest BCUT2D eigenvalue weighted by molar-refractivity contribution is 4.77. The van der Waals surface area contributed by atoms with E-state index in [-0.39, 0.29) is 0 Å². The van der Waals surface area contributed by atoms with Crippen molar-refractivity contribution in [3.05, 3.63) is 0 Å². The summed E-state index contributed by atoms with van der Waals surface area (Å²) in [5.41, 5.74) is 0. The third-order valence-corrected chi connectivity index (χ3v) is 4.17. The molecule has 1 rings (SSSR count). The molecule has 0 spiro atoms. The molecule has 1 N–H and O–H groups in total. The van der Waals surface area contributed by atoms with E-state index in [1.807, 2.05) is 0 Å². The van der Waals surface area contributed by atoms with E-state index in [0.717, 1.165) is 31.0 Å². The van der Waals surface area contributed by atoms with Crippen molar-refractivity contribution in [2.75, 3.05) is 26.2 Å². The zero-order valence-electron chi connectivity index (χ0n) is 11.6. The third kappa shape index (κ3) is 4.42. The summed E-state index contributed by atoms with van der Waals surface area (Å²) < 4.78 is 0. The average molecular weight is 226 g/mol. The lowest BCUT2D eigenvalue weighted by Gasteiger charge is -2.32. The molecule has 0 aliphatic carbocycles. The Morgan fingerprint density at radius 1 is 1.25 bits per heavy atom. The lowest BCUT2D eigenvalue weighted by atomic mass is 10.0. The van der Waals surface area contributed by atoms with Crippen LogP contribution >= 0.6 is 0 Å². The summed E-state index contributed by atoms with van der Waals surface area (Å²) >= 11 is 0. The van der Waals surface area contributed by atoms with Crippen LogP contribution in [0.4, 0.5) is 0 Å². The largest absolute Gasteiger partial charge is 0.317 e. The molecule has 0 aromatic carbocycles. The first-order valence-electron chi connectivity index (χ1n) is 7.09. The Labute approximate surface area is 102 Å². The Balaban J connectivity index is 2.36. The molecule has 0 amide bonds. The van der Waals surface area contributed by atoms with Crippen LogP contribution in [0.5, 0.6) is 0 Å². The van der Waals surface area contributed by atoms with Crippen LogP contribution in [-0.4, -0.2) is 37.1 Å². The standard InChI is InChI=1S/C14H30N2/c1-5-15-11-13(3)14(4)16-9-6-7-12(2)8-10-16/h12-15H,5-11H2,1-4H3. The molecule has 0 aromatic rings. The SMILES string of the molecule is CCNCC(C)C(C)N1CCCC(C)CC1. The van der Waals surface area contributed by atoms with Gasteiger partial charge in [0.25, 0.3) is 0 Å². The van der Waals surface area contributed by atoms with Gasteiger partial charge in [0.05, 0.1) is 0 Å². The minimum Gasteiger partial charge on any atom is -0.317 e. The predicted molar refractivity (Wildman–Crippen MR) is 71.8 cm³/mol. The number of nitrogens with zero attached hydrogens (tertiary/aromatic N) is 1. The molecule has 1 saturated heterocycles. The van der Waals surface area contributed by atoms with Crippen molar-refractivity contribution < 1.29 is 0 Å². The van der Waals surface area contributed by atoms with Crippen LogP contribution in [0.3, 0.4) is 0 Å². The van der Waals surface area contributed by atoms with Gasteiger partial charge in [0.2, 0.25) is 0 Å². The van der Waals surface area contributed by atoms with Gasteiger partial charge in [-0.15, -0.1) is 0 Å². The molecule has 0 saturated carbocycles. The first-order valence-corrected chi connectivity index (χ1v) is 7.09.